The van der Waals surface area contributed by atoms with Gasteiger partial charge in [0.1, 0.15) is 0 Å². The minimum Gasteiger partial charge on any atom is -0.396 e. The third-order valence-electron chi connectivity index (χ3n) is 12.5. The molecular weight excluding hydrogens is 380 g/mol. The molecule has 2 nitrogen and oxygen atoms in total. The third-order valence-corrected chi connectivity index (χ3v) is 12.5. The highest BCUT2D eigenvalue weighted by atomic mass is 16.3. The molecule has 0 amide bonds. The molecule has 5 rings (SSSR count). The zero-order valence-corrected chi connectivity index (χ0v) is 21.1. The molecule has 8 atom stereocenters. The molecule has 0 radical (unpaired) electrons. The minimum absolute atomic E-state index is 0.0567. The molecule has 0 aromatic rings. The predicted octanol–water partition coefficient (Wildman–Crippen LogP) is 6.75. The highest BCUT2D eigenvalue weighted by molar-refractivity contribution is 5.33. The van der Waals surface area contributed by atoms with Crippen molar-refractivity contribution in [1.82, 2.24) is 0 Å². The first-order chi connectivity index (χ1) is 14.4. The van der Waals surface area contributed by atoms with Gasteiger partial charge in [0.25, 0.3) is 0 Å². The summed E-state index contributed by atoms with van der Waals surface area (Å²) in [6, 6.07) is 0. The van der Waals surface area contributed by atoms with Crippen LogP contribution < -0.4 is 0 Å². The molecule has 0 spiro atoms. The quantitative estimate of drug-likeness (QED) is 0.453. The van der Waals surface area contributed by atoms with Crippen LogP contribution in [0, 0.1) is 50.7 Å². The van der Waals surface area contributed by atoms with E-state index in [9.17, 15) is 10.2 Å². The highest BCUT2D eigenvalue weighted by Gasteiger charge is 2.65. The van der Waals surface area contributed by atoms with Crippen LogP contribution in [0.15, 0.2) is 11.6 Å². The van der Waals surface area contributed by atoms with Gasteiger partial charge >= 0.3 is 0 Å². The van der Waals surface area contributed by atoms with E-state index in [1.807, 2.05) is 0 Å². The molecule has 5 aliphatic rings. The molecule has 2 heteroatoms. The molecule has 0 saturated heterocycles. The fraction of sp³-hybridized carbons (Fsp3) is 0.931. The highest BCUT2D eigenvalue weighted by Crippen LogP contribution is 2.73. The minimum atomic E-state index is -0.132. The average Bonchev–Trinajstić information content (AvgIpc) is 2.70. The van der Waals surface area contributed by atoms with Crippen molar-refractivity contribution in [3.05, 3.63) is 11.6 Å². The fourth-order valence-corrected chi connectivity index (χ4v) is 9.93. The zero-order chi connectivity index (χ0) is 22.4. The standard InChI is InChI=1S/C29H48O2/c1-25(2)13-15-29(18-30)16-14-28(6)22(23(29)17-25)9-8-21-19-7-10-24(31)26(3,4)20(19)11-12-27(21,28)5/h9,19-21,23-24,30-31H,7-8,10-18H2,1-6H3/t19-,20+,21+,23-,24-,27+,28+,29+/m0/s1. The SMILES string of the molecule is CC1(C)CC[C@]2(CO)CC[C@]3(C)C(=CC[C@@H]4[C@H]5CC[C@H](O)C(C)(C)[C@@H]5CC[C@]43C)[C@@H]2C1. The number of allylic oxidation sites excluding steroid dienone is 2. The number of aliphatic hydroxyl groups excluding tert-OH is 2. The normalized spacial score (nSPS) is 52.8. The molecular formula is C29H48O2. The number of aliphatic hydroxyl groups is 2. The van der Waals surface area contributed by atoms with E-state index in [1.54, 1.807) is 5.57 Å². The Morgan fingerprint density at radius 1 is 0.871 bits per heavy atom. The molecule has 0 aliphatic heterocycles. The lowest BCUT2D eigenvalue weighted by Crippen LogP contribution is -2.61. The molecule has 2 N–H and O–H groups in total. The lowest BCUT2D eigenvalue weighted by atomic mass is 9.36. The van der Waals surface area contributed by atoms with Gasteiger partial charge in [0, 0.05) is 12.0 Å². The first-order valence-electron chi connectivity index (χ1n) is 13.4. The monoisotopic (exact) mass is 428 g/mol. The lowest BCUT2D eigenvalue weighted by Gasteiger charge is -2.68. The van der Waals surface area contributed by atoms with Crippen LogP contribution in [0.1, 0.15) is 106 Å². The maximum absolute atomic E-state index is 10.8. The van der Waals surface area contributed by atoms with Crippen LogP contribution in [0.5, 0.6) is 0 Å². The van der Waals surface area contributed by atoms with Gasteiger partial charge in [-0.3, -0.25) is 0 Å². The summed E-state index contributed by atoms with van der Waals surface area (Å²) in [6.07, 6.45) is 14.8. The number of rotatable bonds is 1. The smallest absolute Gasteiger partial charge is 0.0594 e. The topological polar surface area (TPSA) is 40.5 Å². The first-order valence-corrected chi connectivity index (χ1v) is 13.4. The van der Waals surface area contributed by atoms with E-state index < -0.39 is 0 Å². The molecule has 0 aromatic carbocycles. The Bertz CT molecular complexity index is 765. The summed E-state index contributed by atoms with van der Waals surface area (Å²) in [5.41, 5.74) is 2.96. The van der Waals surface area contributed by atoms with Crippen LogP contribution in [0.2, 0.25) is 0 Å². The summed E-state index contributed by atoms with van der Waals surface area (Å²) in [4.78, 5) is 0. The first kappa shape index (κ1) is 22.5. The van der Waals surface area contributed by atoms with E-state index in [1.165, 1.54) is 57.8 Å². The van der Waals surface area contributed by atoms with E-state index in [0.29, 0.717) is 29.3 Å². The number of hydrogen-bond donors (Lipinski definition) is 2. The maximum Gasteiger partial charge on any atom is 0.0594 e. The summed E-state index contributed by atoms with van der Waals surface area (Å²) < 4.78 is 0. The van der Waals surface area contributed by atoms with E-state index >= 15 is 0 Å². The molecule has 31 heavy (non-hydrogen) atoms. The number of fused-ring (bicyclic) bond motifs is 7. The van der Waals surface area contributed by atoms with Crippen LogP contribution in [0.4, 0.5) is 0 Å². The molecule has 0 unspecified atom stereocenters. The second-order valence-corrected chi connectivity index (χ2v) is 14.4. The van der Waals surface area contributed by atoms with Gasteiger partial charge < -0.3 is 10.2 Å². The Morgan fingerprint density at radius 3 is 2.29 bits per heavy atom. The summed E-state index contributed by atoms with van der Waals surface area (Å²) in [5.74, 6) is 2.76. The van der Waals surface area contributed by atoms with Crippen LogP contribution in [-0.2, 0) is 0 Å². The van der Waals surface area contributed by atoms with Crippen molar-refractivity contribution in [2.75, 3.05) is 6.61 Å². The molecule has 176 valence electrons. The Balaban J connectivity index is 1.54. The Kier molecular flexibility index (Phi) is 4.96. The Labute approximate surface area is 191 Å². The van der Waals surface area contributed by atoms with Gasteiger partial charge in [0.15, 0.2) is 0 Å². The predicted molar refractivity (Wildman–Crippen MR) is 128 cm³/mol. The van der Waals surface area contributed by atoms with Crippen molar-refractivity contribution >= 4 is 0 Å². The van der Waals surface area contributed by atoms with Gasteiger partial charge in [-0.25, -0.2) is 0 Å². The van der Waals surface area contributed by atoms with E-state index in [2.05, 4.69) is 47.6 Å². The summed E-state index contributed by atoms with van der Waals surface area (Å²) >= 11 is 0. The zero-order valence-electron chi connectivity index (χ0n) is 21.1. The van der Waals surface area contributed by atoms with Gasteiger partial charge in [-0.1, -0.05) is 53.2 Å². The summed E-state index contributed by atoms with van der Waals surface area (Å²) in [7, 11) is 0. The Hall–Kier alpha value is -0.340. The van der Waals surface area contributed by atoms with Gasteiger partial charge in [0.05, 0.1) is 6.10 Å². The van der Waals surface area contributed by atoms with Gasteiger partial charge in [0.2, 0.25) is 0 Å². The molecule has 0 aromatic heterocycles. The van der Waals surface area contributed by atoms with Crippen molar-refractivity contribution < 1.29 is 10.2 Å². The summed E-state index contributed by atoms with van der Waals surface area (Å²) in [6.45, 7) is 15.2. The average molecular weight is 429 g/mol. The van der Waals surface area contributed by atoms with Gasteiger partial charge in [-0.2, -0.15) is 0 Å². The molecule has 4 fully saturated rings. The van der Waals surface area contributed by atoms with E-state index in [-0.39, 0.29) is 22.3 Å². The van der Waals surface area contributed by atoms with Crippen molar-refractivity contribution in [3.63, 3.8) is 0 Å². The lowest BCUT2D eigenvalue weighted by molar-refractivity contribution is -0.165. The summed E-state index contributed by atoms with van der Waals surface area (Å²) in [5, 5.41) is 21.4. The second kappa shape index (κ2) is 6.84. The van der Waals surface area contributed by atoms with Gasteiger partial charge in [-0.05, 0) is 110 Å². The van der Waals surface area contributed by atoms with Crippen LogP contribution >= 0.6 is 0 Å². The molecule has 5 aliphatic carbocycles. The molecule has 0 bridgehead atoms. The van der Waals surface area contributed by atoms with Crippen molar-refractivity contribution in [2.24, 2.45) is 50.7 Å². The van der Waals surface area contributed by atoms with Crippen LogP contribution in [0.3, 0.4) is 0 Å². The molecule has 4 saturated carbocycles. The van der Waals surface area contributed by atoms with E-state index in [4.69, 9.17) is 0 Å². The number of hydrogen-bond acceptors (Lipinski definition) is 2. The van der Waals surface area contributed by atoms with Crippen molar-refractivity contribution in [1.29, 1.82) is 0 Å². The van der Waals surface area contributed by atoms with E-state index in [0.717, 1.165) is 18.3 Å². The largest absolute Gasteiger partial charge is 0.396 e. The Morgan fingerprint density at radius 2 is 1.58 bits per heavy atom. The molecule has 0 heterocycles. The van der Waals surface area contributed by atoms with Crippen LogP contribution in [0.25, 0.3) is 0 Å². The third kappa shape index (κ3) is 2.89. The second-order valence-electron chi connectivity index (χ2n) is 14.4. The fourth-order valence-electron chi connectivity index (χ4n) is 9.93. The van der Waals surface area contributed by atoms with Gasteiger partial charge in [-0.15, -0.1) is 0 Å². The van der Waals surface area contributed by atoms with Crippen molar-refractivity contribution in [2.45, 2.75) is 112 Å². The maximum atomic E-state index is 10.8. The van der Waals surface area contributed by atoms with Crippen LogP contribution in [-0.4, -0.2) is 22.9 Å². The van der Waals surface area contributed by atoms with Crippen molar-refractivity contribution in [3.8, 4) is 0 Å².